The number of anilines is 1. The van der Waals surface area contributed by atoms with Crippen molar-refractivity contribution < 1.29 is 9.18 Å². The number of hydrogen-bond donors (Lipinski definition) is 3. The summed E-state index contributed by atoms with van der Waals surface area (Å²) in [6, 6.07) is 8.31. The predicted octanol–water partition coefficient (Wildman–Crippen LogP) is 2.61. The first-order valence-electron chi connectivity index (χ1n) is 9.51. The lowest BCUT2D eigenvalue weighted by atomic mass is 10.0. The van der Waals surface area contributed by atoms with Crippen molar-refractivity contribution in [2.24, 2.45) is 0 Å². The summed E-state index contributed by atoms with van der Waals surface area (Å²) in [4.78, 5) is 26.1. The highest BCUT2D eigenvalue weighted by Gasteiger charge is 2.22. The second-order valence-electron chi connectivity index (χ2n) is 6.98. The van der Waals surface area contributed by atoms with E-state index in [0.717, 1.165) is 48.3 Å². The molecule has 2 amide bonds. The molecule has 146 valence electrons. The van der Waals surface area contributed by atoms with Crippen LogP contribution in [0.3, 0.4) is 0 Å². The van der Waals surface area contributed by atoms with E-state index in [0.29, 0.717) is 13.0 Å². The smallest absolute Gasteiger partial charge is 0.315 e. The molecule has 1 aliphatic rings. The Kier molecular flexibility index (Phi) is 5.36. The molecule has 0 aliphatic carbocycles. The van der Waals surface area contributed by atoms with Crippen molar-refractivity contribution in [2.75, 3.05) is 24.5 Å². The van der Waals surface area contributed by atoms with E-state index in [4.69, 9.17) is 0 Å². The average Bonchev–Trinajstić information content (AvgIpc) is 3.19. The van der Waals surface area contributed by atoms with Crippen LogP contribution in [0, 0.1) is 5.82 Å². The number of amides is 2. The molecule has 0 radical (unpaired) electrons. The number of nitrogens with one attached hydrogen (secondary N) is 3. The van der Waals surface area contributed by atoms with E-state index in [1.54, 1.807) is 18.5 Å². The zero-order chi connectivity index (χ0) is 19.3. The van der Waals surface area contributed by atoms with E-state index in [2.05, 4.69) is 30.5 Å². The minimum Gasteiger partial charge on any atom is -0.356 e. The molecule has 1 fully saturated rings. The van der Waals surface area contributed by atoms with Crippen LogP contribution in [0.25, 0.3) is 11.0 Å². The maximum Gasteiger partial charge on any atom is 0.315 e. The molecule has 0 spiro atoms. The molecule has 1 saturated heterocycles. The van der Waals surface area contributed by atoms with E-state index >= 15 is 0 Å². The van der Waals surface area contributed by atoms with Gasteiger partial charge in [-0.1, -0.05) is 12.1 Å². The van der Waals surface area contributed by atoms with Crippen molar-refractivity contribution in [3.05, 3.63) is 54.2 Å². The number of piperidine rings is 1. The molecular weight excluding hydrogens is 359 g/mol. The van der Waals surface area contributed by atoms with Gasteiger partial charge in [-0.25, -0.2) is 19.2 Å². The third-order valence-corrected chi connectivity index (χ3v) is 5.08. The number of hydrogen-bond acceptors (Lipinski definition) is 4. The largest absolute Gasteiger partial charge is 0.356 e. The van der Waals surface area contributed by atoms with Crippen LogP contribution in [0.5, 0.6) is 0 Å². The molecule has 0 unspecified atom stereocenters. The normalized spacial score (nSPS) is 15.0. The summed E-state index contributed by atoms with van der Waals surface area (Å²) in [6.45, 7) is 2.18. The molecular formula is C20H23FN6O. The van der Waals surface area contributed by atoms with Crippen LogP contribution in [-0.4, -0.2) is 46.7 Å². The Labute approximate surface area is 162 Å². The lowest BCUT2D eigenvalue weighted by Gasteiger charge is -2.33. The number of aromatic nitrogens is 3. The number of halogens is 1. The standard InChI is InChI=1S/C20H23FN6O/c21-15-3-1-14(2-4-15)5-9-23-20(28)26-16-7-11-27(12-8-16)19-17-6-10-22-18(17)24-13-25-19/h1-4,6,10,13,16H,5,7-9,11-12H2,(H,22,24,25)(H2,23,26,28). The number of nitrogens with zero attached hydrogens (tertiary/aromatic N) is 3. The minimum absolute atomic E-state index is 0.144. The Hall–Kier alpha value is -3.16. The highest BCUT2D eigenvalue weighted by Crippen LogP contribution is 2.24. The maximum atomic E-state index is 12.9. The Morgan fingerprint density at radius 1 is 1.18 bits per heavy atom. The van der Waals surface area contributed by atoms with Gasteiger partial charge in [0.15, 0.2) is 0 Å². The second-order valence-corrected chi connectivity index (χ2v) is 6.98. The fourth-order valence-electron chi connectivity index (χ4n) is 3.55. The summed E-state index contributed by atoms with van der Waals surface area (Å²) in [5.74, 6) is 0.688. The molecule has 8 heteroatoms. The molecule has 28 heavy (non-hydrogen) atoms. The van der Waals surface area contributed by atoms with Crippen LogP contribution in [0.15, 0.2) is 42.9 Å². The highest BCUT2D eigenvalue weighted by atomic mass is 19.1. The Bertz CT molecular complexity index is 933. The fourth-order valence-corrected chi connectivity index (χ4v) is 3.55. The van der Waals surface area contributed by atoms with Gasteiger partial charge in [0.1, 0.15) is 23.6 Å². The highest BCUT2D eigenvalue weighted by molar-refractivity contribution is 5.87. The van der Waals surface area contributed by atoms with Gasteiger partial charge in [-0.3, -0.25) is 0 Å². The Morgan fingerprint density at radius 3 is 2.75 bits per heavy atom. The number of benzene rings is 1. The number of H-pyrrole nitrogens is 1. The first-order chi connectivity index (χ1) is 13.7. The van der Waals surface area contributed by atoms with Crippen molar-refractivity contribution in [3.8, 4) is 0 Å². The van der Waals surface area contributed by atoms with Gasteiger partial charge in [-0.05, 0) is 43.0 Å². The molecule has 3 heterocycles. The van der Waals surface area contributed by atoms with E-state index in [1.807, 2.05) is 12.3 Å². The summed E-state index contributed by atoms with van der Waals surface area (Å²) in [5, 5.41) is 6.94. The van der Waals surface area contributed by atoms with E-state index in [-0.39, 0.29) is 17.9 Å². The molecule has 1 aromatic carbocycles. The first-order valence-corrected chi connectivity index (χ1v) is 9.51. The minimum atomic E-state index is -0.250. The number of carbonyl (C=O) groups is 1. The molecule has 0 bridgehead atoms. The van der Waals surface area contributed by atoms with Crippen molar-refractivity contribution in [1.82, 2.24) is 25.6 Å². The summed E-state index contributed by atoms with van der Waals surface area (Å²) < 4.78 is 12.9. The third-order valence-electron chi connectivity index (χ3n) is 5.08. The first kappa shape index (κ1) is 18.2. The molecule has 2 aromatic heterocycles. The molecule has 4 rings (SSSR count). The van der Waals surface area contributed by atoms with Crippen molar-refractivity contribution in [3.63, 3.8) is 0 Å². The fraction of sp³-hybridized carbons (Fsp3) is 0.350. The number of rotatable bonds is 5. The zero-order valence-electron chi connectivity index (χ0n) is 15.5. The van der Waals surface area contributed by atoms with E-state index < -0.39 is 0 Å². The molecule has 0 saturated carbocycles. The van der Waals surface area contributed by atoms with Crippen LogP contribution in [0.4, 0.5) is 15.0 Å². The number of fused-ring (bicyclic) bond motifs is 1. The maximum absolute atomic E-state index is 12.9. The number of carbonyl (C=O) groups excluding carboxylic acids is 1. The lowest BCUT2D eigenvalue weighted by molar-refractivity contribution is 0.234. The van der Waals surface area contributed by atoms with Gasteiger partial charge in [-0.15, -0.1) is 0 Å². The van der Waals surface area contributed by atoms with Gasteiger partial charge in [0.2, 0.25) is 0 Å². The topological polar surface area (TPSA) is 85.9 Å². The molecule has 3 aromatic rings. The van der Waals surface area contributed by atoms with Crippen molar-refractivity contribution >= 4 is 22.9 Å². The van der Waals surface area contributed by atoms with Gasteiger partial charge >= 0.3 is 6.03 Å². The molecule has 7 nitrogen and oxygen atoms in total. The van der Waals surface area contributed by atoms with Crippen LogP contribution < -0.4 is 15.5 Å². The van der Waals surface area contributed by atoms with Crippen LogP contribution in [0.1, 0.15) is 18.4 Å². The zero-order valence-corrected chi connectivity index (χ0v) is 15.5. The monoisotopic (exact) mass is 382 g/mol. The quantitative estimate of drug-likeness (QED) is 0.633. The van der Waals surface area contributed by atoms with Crippen LogP contribution >= 0.6 is 0 Å². The van der Waals surface area contributed by atoms with Gasteiger partial charge < -0.3 is 20.5 Å². The molecule has 1 aliphatic heterocycles. The van der Waals surface area contributed by atoms with Gasteiger partial charge in [0.25, 0.3) is 0 Å². The van der Waals surface area contributed by atoms with Crippen molar-refractivity contribution in [1.29, 1.82) is 0 Å². The third kappa shape index (κ3) is 4.21. The summed E-state index contributed by atoms with van der Waals surface area (Å²) in [7, 11) is 0. The number of urea groups is 1. The van der Waals surface area contributed by atoms with E-state index in [9.17, 15) is 9.18 Å². The van der Waals surface area contributed by atoms with Gasteiger partial charge in [0.05, 0.1) is 5.39 Å². The van der Waals surface area contributed by atoms with E-state index in [1.165, 1.54) is 12.1 Å². The van der Waals surface area contributed by atoms with Gasteiger partial charge in [0, 0.05) is 31.9 Å². The molecule has 0 atom stereocenters. The lowest BCUT2D eigenvalue weighted by Crippen LogP contribution is -2.48. The predicted molar refractivity (Wildman–Crippen MR) is 106 cm³/mol. The second kappa shape index (κ2) is 8.24. The van der Waals surface area contributed by atoms with Gasteiger partial charge in [-0.2, -0.15) is 0 Å². The van der Waals surface area contributed by atoms with Crippen molar-refractivity contribution in [2.45, 2.75) is 25.3 Å². The SMILES string of the molecule is O=C(NCCc1ccc(F)cc1)NC1CCN(c2ncnc3[nH]ccc23)CC1. The molecule has 3 N–H and O–H groups in total. The average molecular weight is 382 g/mol. The Balaban J connectivity index is 1.22. The van der Waals surface area contributed by atoms with Crippen LogP contribution in [0.2, 0.25) is 0 Å². The summed E-state index contributed by atoms with van der Waals surface area (Å²) in [6.07, 6.45) is 5.84. The number of aromatic amines is 1. The summed E-state index contributed by atoms with van der Waals surface area (Å²) >= 11 is 0. The summed E-state index contributed by atoms with van der Waals surface area (Å²) in [5.41, 5.74) is 1.83. The Morgan fingerprint density at radius 2 is 1.96 bits per heavy atom. The van der Waals surface area contributed by atoms with Crippen LogP contribution in [-0.2, 0) is 6.42 Å².